The molecule has 1 aliphatic heterocycles. The van der Waals surface area contributed by atoms with E-state index in [1.165, 1.54) is 12.1 Å². The molecule has 1 amide bonds. The summed E-state index contributed by atoms with van der Waals surface area (Å²) in [6.07, 6.45) is 0. The van der Waals surface area contributed by atoms with Crippen LogP contribution in [0.25, 0.3) is 10.9 Å². The minimum Gasteiger partial charge on any atom is -0.368 e. The number of amides is 1. The van der Waals surface area contributed by atoms with E-state index in [1.807, 2.05) is 30.0 Å². The second kappa shape index (κ2) is 6.65. The van der Waals surface area contributed by atoms with E-state index in [-0.39, 0.29) is 11.7 Å². The number of anilines is 1. The van der Waals surface area contributed by atoms with Crippen molar-refractivity contribution in [2.24, 2.45) is 0 Å². The summed E-state index contributed by atoms with van der Waals surface area (Å²) in [7, 11) is 0. The van der Waals surface area contributed by atoms with E-state index in [9.17, 15) is 9.18 Å². The highest BCUT2D eigenvalue weighted by atomic mass is 35.5. The fourth-order valence-electron chi connectivity index (χ4n) is 3.50. The molecule has 0 atom stereocenters. The van der Waals surface area contributed by atoms with Crippen LogP contribution in [0.4, 0.5) is 10.1 Å². The molecule has 6 heteroatoms. The molecule has 0 aliphatic carbocycles. The van der Waals surface area contributed by atoms with Crippen LogP contribution >= 0.6 is 11.6 Å². The number of piperazine rings is 1. The van der Waals surface area contributed by atoms with Gasteiger partial charge in [0.1, 0.15) is 11.5 Å². The van der Waals surface area contributed by atoms with E-state index in [2.05, 4.69) is 9.88 Å². The Kier molecular flexibility index (Phi) is 4.32. The van der Waals surface area contributed by atoms with Crippen LogP contribution in [0.1, 0.15) is 16.1 Å². The van der Waals surface area contributed by atoms with Crippen molar-refractivity contribution in [1.29, 1.82) is 0 Å². The predicted molar refractivity (Wildman–Crippen MR) is 103 cm³/mol. The number of carbonyl (C=O) groups excluding carboxylic acids is 1. The van der Waals surface area contributed by atoms with Crippen LogP contribution in [-0.4, -0.2) is 42.0 Å². The van der Waals surface area contributed by atoms with E-state index in [0.29, 0.717) is 23.8 Å². The highest BCUT2D eigenvalue weighted by Crippen LogP contribution is 2.26. The maximum Gasteiger partial charge on any atom is 0.270 e. The van der Waals surface area contributed by atoms with E-state index in [1.54, 1.807) is 12.1 Å². The number of hydrogen-bond acceptors (Lipinski definition) is 2. The van der Waals surface area contributed by atoms with Gasteiger partial charge in [-0.25, -0.2) is 4.39 Å². The second-order valence-corrected chi connectivity index (χ2v) is 7.01. The van der Waals surface area contributed by atoms with Gasteiger partial charge in [-0.15, -0.1) is 0 Å². The van der Waals surface area contributed by atoms with E-state index < -0.39 is 0 Å². The number of benzene rings is 2. The summed E-state index contributed by atoms with van der Waals surface area (Å²) in [5.41, 5.74) is 3.43. The van der Waals surface area contributed by atoms with E-state index in [0.717, 1.165) is 35.2 Å². The molecule has 0 saturated carbocycles. The number of H-pyrrole nitrogens is 1. The van der Waals surface area contributed by atoms with Crippen molar-refractivity contribution < 1.29 is 9.18 Å². The summed E-state index contributed by atoms with van der Waals surface area (Å²) in [6, 6.07) is 12.1. The van der Waals surface area contributed by atoms with Gasteiger partial charge in [-0.05, 0) is 48.9 Å². The van der Waals surface area contributed by atoms with Gasteiger partial charge in [-0.1, -0.05) is 17.7 Å². The number of aryl methyl sites for hydroxylation is 1. The minimum atomic E-state index is -0.239. The molecule has 1 aliphatic rings. The number of carbonyl (C=O) groups is 1. The first kappa shape index (κ1) is 16.9. The summed E-state index contributed by atoms with van der Waals surface area (Å²) in [5.74, 6) is -0.231. The van der Waals surface area contributed by atoms with Crippen LogP contribution in [0.5, 0.6) is 0 Å². The monoisotopic (exact) mass is 371 g/mol. The van der Waals surface area contributed by atoms with Gasteiger partial charge < -0.3 is 14.8 Å². The minimum absolute atomic E-state index is 0.00794. The Morgan fingerprint density at radius 1 is 1.08 bits per heavy atom. The Balaban J connectivity index is 1.50. The van der Waals surface area contributed by atoms with Gasteiger partial charge in [0, 0.05) is 47.8 Å². The Labute approximate surface area is 156 Å². The third-order valence-electron chi connectivity index (χ3n) is 4.99. The zero-order valence-corrected chi connectivity index (χ0v) is 15.2. The van der Waals surface area contributed by atoms with Crippen LogP contribution in [0.2, 0.25) is 5.02 Å². The smallest absolute Gasteiger partial charge is 0.270 e. The molecule has 26 heavy (non-hydrogen) atoms. The summed E-state index contributed by atoms with van der Waals surface area (Å²) >= 11 is 6.05. The van der Waals surface area contributed by atoms with Gasteiger partial charge in [0.2, 0.25) is 0 Å². The molecule has 1 saturated heterocycles. The Hall–Kier alpha value is -2.53. The van der Waals surface area contributed by atoms with Crippen LogP contribution < -0.4 is 4.90 Å². The predicted octanol–water partition coefficient (Wildman–Crippen LogP) is 4.23. The molecule has 4 rings (SSSR count). The molecule has 4 nitrogen and oxygen atoms in total. The highest BCUT2D eigenvalue weighted by Gasteiger charge is 2.25. The number of halogens is 2. The number of nitrogens with zero attached hydrogens (tertiary/aromatic N) is 2. The molecule has 2 aromatic carbocycles. The summed E-state index contributed by atoms with van der Waals surface area (Å²) < 4.78 is 13.1. The highest BCUT2D eigenvalue weighted by molar-refractivity contribution is 6.31. The number of aromatic amines is 1. The topological polar surface area (TPSA) is 39.3 Å². The van der Waals surface area contributed by atoms with Crippen molar-refractivity contribution in [3.05, 3.63) is 64.6 Å². The molecule has 0 radical (unpaired) electrons. The van der Waals surface area contributed by atoms with Crippen molar-refractivity contribution in [2.75, 3.05) is 31.1 Å². The van der Waals surface area contributed by atoms with Crippen molar-refractivity contribution in [3.8, 4) is 0 Å². The largest absolute Gasteiger partial charge is 0.368 e. The molecule has 1 N–H and O–H groups in total. The average molecular weight is 372 g/mol. The number of aromatic nitrogens is 1. The Morgan fingerprint density at radius 3 is 2.46 bits per heavy atom. The van der Waals surface area contributed by atoms with Gasteiger partial charge in [-0.3, -0.25) is 4.79 Å². The average Bonchev–Trinajstić information content (AvgIpc) is 2.98. The molecule has 134 valence electrons. The zero-order valence-electron chi connectivity index (χ0n) is 14.4. The molecule has 1 fully saturated rings. The summed E-state index contributed by atoms with van der Waals surface area (Å²) in [4.78, 5) is 20.2. The first-order chi connectivity index (χ1) is 12.5. The molecule has 0 spiro atoms. The SMILES string of the molecule is Cc1c(C(=O)N2CCN(c3ccc(F)cc3)CC2)[nH]c2cc(Cl)ccc12. The van der Waals surface area contributed by atoms with Crippen molar-refractivity contribution in [2.45, 2.75) is 6.92 Å². The van der Waals surface area contributed by atoms with Crippen molar-refractivity contribution in [3.63, 3.8) is 0 Å². The lowest BCUT2D eigenvalue weighted by Gasteiger charge is -2.36. The van der Waals surface area contributed by atoms with Crippen LogP contribution in [0.3, 0.4) is 0 Å². The van der Waals surface area contributed by atoms with Crippen molar-refractivity contribution >= 4 is 34.1 Å². The maximum absolute atomic E-state index is 13.1. The molecule has 1 aromatic heterocycles. The van der Waals surface area contributed by atoms with Crippen molar-refractivity contribution in [1.82, 2.24) is 9.88 Å². The van der Waals surface area contributed by atoms with Gasteiger partial charge in [0.05, 0.1) is 0 Å². The first-order valence-corrected chi connectivity index (χ1v) is 8.98. The third-order valence-corrected chi connectivity index (χ3v) is 5.23. The number of nitrogens with one attached hydrogen (secondary N) is 1. The fraction of sp³-hybridized carbons (Fsp3) is 0.250. The van der Waals surface area contributed by atoms with Gasteiger partial charge in [0.15, 0.2) is 0 Å². The lowest BCUT2D eigenvalue weighted by atomic mass is 10.1. The molecule has 3 aromatic rings. The normalized spacial score (nSPS) is 14.9. The molecule has 0 bridgehead atoms. The van der Waals surface area contributed by atoms with Crippen LogP contribution in [0, 0.1) is 12.7 Å². The number of hydrogen-bond donors (Lipinski definition) is 1. The van der Waals surface area contributed by atoms with E-state index >= 15 is 0 Å². The molecular weight excluding hydrogens is 353 g/mol. The molecular formula is C20H19ClFN3O. The quantitative estimate of drug-likeness (QED) is 0.732. The third kappa shape index (κ3) is 3.03. The Morgan fingerprint density at radius 2 is 1.77 bits per heavy atom. The van der Waals surface area contributed by atoms with E-state index in [4.69, 9.17) is 11.6 Å². The van der Waals surface area contributed by atoms with Gasteiger partial charge in [0.25, 0.3) is 5.91 Å². The standard InChI is InChI=1S/C20H19ClFN3O/c1-13-17-7-2-14(21)12-18(17)23-19(13)20(26)25-10-8-24(9-11-25)16-5-3-15(22)4-6-16/h2-7,12,23H,8-11H2,1H3. The van der Waals surface area contributed by atoms with Crippen LogP contribution in [0.15, 0.2) is 42.5 Å². The van der Waals surface area contributed by atoms with Gasteiger partial charge >= 0.3 is 0 Å². The summed E-state index contributed by atoms with van der Waals surface area (Å²) in [5, 5.41) is 1.66. The maximum atomic E-state index is 13.1. The molecule has 2 heterocycles. The fourth-order valence-corrected chi connectivity index (χ4v) is 3.67. The lowest BCUT2D eigenvalue weighted by Crippen LogP contribution is -2.49. The lowest BCUT2D eigenvalue weighted by molar-refractivity contribution is 0.0741. The Bertz CT molecular complexity index is 959. The zero-order chi connectivity index (χ0) is 18.3. The number of fused-ring (bicyclic) bond motifs is 1. The van der Waals surface area contributed by atoms with Crippen LogP contribution in [-0.2, 0) is 0 Å². The first-order valence-electron chi connectivity index (χ1n) is 8.60. The second-order valence-electron chi connectivity index (χ2n) is 6.57. The number of rotatable bonds is 2. The molecule has 0 unspecified atom stereocenters. The summed E-state index contributed by atoms with van der Waals surface area (Å²) in [6.45, 7) is 4.66. The van der Waals surface area contributed by atoms with Gasteiger partial charge in [-0.2, -0.15) is 0 Å².